The third kappa shape index (κ3) is 3.76. The van der Waals surface area contributed by atoms with Crippen LogP contribution in [0, 0.1) is 5.92 Å². The number of anilines is 1. The van der Waals surface area contributed by atoms with E-state index in [0.717, 1.165) is 16.1 Å². The van der Waals surface area contributed by atoms with Crippen molar-refractivity contribution in [3.8, 4) is 0 Å². The molecule has 1 heterocycles. The van der Waals surface area contributed by atoms with Crippen LogP contribution in [0.3, 0.4) is 0 Å². The molecule has 1 unspecified atom stereocenters. The number of benzene rings is 1. The number of carbonyl (C=O) groups is 2. The minimum atomic E-state index is -0.0564. The molecule has 0 bridgehead atoms. The van der Waals surface area contributed by atoms with Crippen molar-refractivity contribution in [2.75, 3.05) is 5.32 Å². The molecule has 4 nitrogen and oxygen atoms in total. The average Bonchev–Trinajstić information content (AvgIpc) is 2.37. The molecule has 108 valence electrons. The summed E-state index contributed by atoms with van der Waals surface area (Å²) in [5, 5.41) is 5.74. The molecule has 20 heavy (non-hydrogen) atoms. The number of thioether (sulfide) groups is 1. The Balaban J connectivity index is 1.99. The first-order valence-corrected chi connectivity index (χ1v) is 7.71. The smallest absolute Gasteiger partial charge is 0.237 e. The second-order valence-electron chi connectivity index (χ2n) is 5.45. The molecular weight excluding hydrogens is 272 g/mol. The summed E-state index contributed by atoms with van der Waals surface area (Å²) in [6.45, 7) is 6.43. The van der Waals surface area contributed by atoms with Crippen LogP contribution < -0.4 is 10.6 Å². The number of fused-ring (bicyclic) bond motifs is 1. The van der Waals surface area contributed by atoms with Gasteiger partial charge in [0.1, 0.15) is 0 Å². The van der Waals surface area contributed by atoms with Gasteiger partial charge in [-0.1, -0.05) is 19.9 Å². The van der Waals surface area contributed by atoms with E-state index in [1.807, 2.05) is 39.0 Å². The van der Waals surface area contributed by atoms with E-state index in [-0.39, 0.29) is 17.1 Å². The Morgan fingerprint density at radius 3 is 2.90 bits per heavy atom. The normalized spacial score (nSPS) is 17.6. The second-order valence-corrected chi connectivity index (χ2v) is 6.84. The van der Waals surface area contributed by atoms with Crippen molar-refractivity contribution in [2.24, 2.45) is 5.92 Å². The highest BCUT2D eigenvalue weighted by molar-refractivity contribution is 8.00. The number of hydrogen-bond donors (Lipinski definition) is 2. The van der Waals surface area contributed by atoms with Crippen LogP contribution in [0.1, 0.15) is 32.8 Å². The van der Waals surface area contributed by atoms with Crippen LogP contribution in [0.5, 0.6) is 0 Å². The van der Waals surface area contributed by atoms with Crippen molar-refractivity contribution in [1.82, 2.24) is 5.32 Å². The lowest BCUT2D eigenvalue weighted by Crippen LogP contribution is -2.27. The molecule has 1 aromatic carbocycles. The lowest BCUT2D eigenvalue weighted by atomic mass is 10.1. The summed E-state index contributed by atoms with van der Waals surface area (Å²) in [5.74, 6) is 0.448. The molecule has 2 rings (SSSR count). The summed E-state index contributed by atoms with van der Waals surface area (Å²) < 4.78 is 0. The van der Waals surface area contributed by atoms with Crippen molar-refractivity contribution < 1.29 is 9.59 Å². The third-order valence-electron chi connectivity index (χ3n) is 3.06. The lowest BCUT2D eigenvalue weighted by molar-refractivity contribution is -0.122. The van der Waals surface area contributed by atoms with E-state index in [1.165, 1.54) is 0 Å². The Morgan fingerprint density at radius 1 is 1.45 bits per heavy atom. The molecule has 0 spiro atoms. The van der Waals surface area contributed by atoms with Crippen LogP contribution in [0.4, 0.5) is 5.69 Å². The van der Waals surface area contributed by atoms with Gasteiger partial charge >= 0.3 is 0 Å². The maximum absolute atomic E-state index is 11.7. The standard InChI is InChI=1S/C15H20N2O2S/c1-9(2)6-14(18)16-8-11-4-5-13-12(7-11)17-15(19)10(3)20-13/h4-5,7,9-10H,6,8H2,1-3H3,(H,16,18)(H,17,19). The second kappa shape index (κ2) is 6.31. The van der Waals surface area contributed by atoms with Crippen molar-refractivity contribution in [3.63, 3.8) is 0 Å². The number of hydrogen-bond acceptors (Lipinski definition) is 3. The molecular formula is C15H20N2O2S. The van der Waals surface area contributed by atoms with Gasteiger partial charge in [-0.05, 0) is 30.5 Å². The van der Waals surface area contributed by atoms with E-state index in [1.54, 1.807) is 11.8 Å². The van der Waals surface area contributed by atoms with Gasteiger partial charge in [0, 0.05) is 17.9 Å². The topological polar surface area (TPSA) is 58.2 Å². The lowest BCUT2D eigenvalue weighted by Gasteiger charge is -2.22. The Morgan fingerprint density at radius 2 is 2.20 bits per heavy atom. The van der Waals surface area contributed by atoms with Crippen molar-refractivity contribution in [3.05, 3.63) is 23.8 Å². The van der Waals surface area contributed by atoms with E-state index < -0.39 is 0 Å². The maximum Gasteiger partial charge on any atom is 0.237 e. The van der Waals surface area contributed by atoms with Gasteiger partial charge in [0.15, 0.2) is 0 Å². The predicted molar refractivity (Wildman–Crippen MR) is 81.7 cm³/mol. The van der Waals surface area contributed by atoms with Gasteiger partial charge in [-0.2, -0.15) is 0 Å². The minimum Gasteiger partial charge on any atom is -0.352 e. The van der Waals surface area contributed by atoms with Crippen LogP contribution in [0.2, 0.25) is 0 Å². The van der Waals surface area contributed by atoms with Crippen molar-refractivity contribution in [2.45, 2.75) is 43.9 Å². The highest BCUT2D eigenvalue weighted by atomic mass is 32.2. The summed E-state index contributed by atoms with van der Waals surface area (Å²) in [6, 6.07) is 5.92. The molecule has 2 amide bonds. The van der Waals surface area contributed by atoms with E-state index in [0.29, 0.717) is 18.9 Å². The molecule has 2 N–H and O–H groups in total. The molecule has 1 aliphatic rings. The molecule has 0 radical (unpaired) electrons. The first-order valence-electron chi connectivity index (χ1n) is 6.83. The fourth-order valence-corrected chi connectivity index (χ4v) is 2.94. The molecule has 1 aliphatic heterocycles. The van der Waals surface area contributed by atoms with Gasteiger partial charge in [0.2, 0.25) is 11.8 Å². The summed E-state index contributed by atoms with van der Waals surface area (Å²) in [7, 11) is 0. The summed E-state index contributed by atoms with van der Waals surface area (Å²) in [6.07, 6.45) is 0.537. The fourth-order valence-electron chi connectivity index (χ4n) is 2.01. The average molecular weight is 292 g/mol. The molecule has 0 fully saturated rings. The molecule has 0 saturated heterocycles. The SMILES string of the molecule is CC(C)CC(=O)NCc1ccc2c(c1)NC(=O)C(C)S2. The summed E-state index contributed by atoms with van der Waals surface area (Å²) in [5.41, 5.74) is 1.84. The largest absolute Gasteiger partial charge is 0.352 e. The Hall–Kier alpha value is -1.49. The fraction of sp³-hybridized carbons (Fsp3) is 0.467. The number of carbonyl (C=O) groups excluding carboxylic acids is 2. The number of nitrogens with one attached hydrogen (secondary N) is 2. The van der Waals surface area contributed by atoms with Gasteiger partial charge in [-0.25, -0.2) is 0 Å². The molecule has 5 heteroatoms. The van der Waals surface area contributed by atoms with E-state index in [2.05, 4.69) is 10.6 Å². The molecule has 0 saturated carbocycles. The van der Waals surface area contributed by atoms with Gasteiger partial charge < -0.3 is 10.6 Å². The van der Waals surface area contributed by atoms with Crippen molar-refractivity contribution >= 4 is 29.3 Å². The maximum atomic E-state index is 11.7. The van der Waals surface area contributed by atoms with Gasteiger partial charge in [-0.3, -0.25) is 9.59 Å². The van der Waals surface area contributed by atoms with Gasteiger partial charge in [0.25, 0.3) is 0 Å². The summed E-state index contributed by atoms with van der Waals surface area (Å²) in [4.78, 5) is 24.4. The first kappa shape index (κ1) is 14.9. The van der Waals surface area contributed by atoms with E-state index in [9.17, 15) is 9.59 Å². The van der Waals surface area contributed by atoms with Gasteiger partial charge in [-0.15, -0.1) is 11.8 Å². The Kier molecular flexibility index (Phi) is 4.70. The highest BCUT2D eigenvalue weighted by Crippen LogP contribution is 2.35. The van der Waals surface area contributed by atoms with E-state index >= 15 is 0 Å². The van der Waals surface area contributed by atoms with E-state index in [4.69, 9.17) is 0 Å². The zero-order valence-corrected chi connectivity index (χ0v) is 12.8. The summed E-state index contributed by atoms with van der Waals surface area (Å²) >= 11 is 1.56. The first-order chi connectivity index (χ1) is 9.45. The van der Waals surface area contributed by atoms with Crippen molar-refractivity contribution in [1.29, 1.82) is 0 Å². The molecule has 1 aromatic rings. The Labute approximate surface area is 123 Å². The zero-order valence-electron chi connectivity index (χ0n) is 12.0. The Bertz CT molecular complexity index is 529. The van der Waals surface area contributed by atoms with Gasteiger partial charge in [0.05, 0.1) is 10.9 Å². The quantitative estimate of drug-likeness (QED) is 0.897. The highest BCUT2D eigenvalue weighted by Gasteiger charge is 2.22. The number of amides is 2. The zero-order chi connectivity index (χ0) is 14.7. The minimum absolute atomic E-state index is 0.0310. The molecule has 0 aliphatic carbocycles. The predicted octanol–water partition coefficient (Wildman–Crippen LogP) is 2.78. The third-order valence-corrected chi connectivity index (χ3v) is 4.24. The van der Waals surface area contributed by atoms with Crippen LogP contribution in [0.15, 0.2) is 23.1 Å². The molecule has 1 atom stereocenters. The van der Waals surface area contributed by atoms with Crippen LogP contribution >= 0.6 is 11.8 Å². The molecule has 0 aromatic heterocycles. The van der Waals surface area contributed by atoms with Crippen LogP contribution in [0.25, 0.3) is 0 Å². The van der Waals surface area contributed by atoms with Crippen LogP contribution in [-0.2, 0) is 16.1 Å². The monoisotopic (exact) mass is 292 g/mol. The van der Waals surface area contributed by atoms with Crippen LogP contribution in [-0.4, -0.2) is 17.1 Å². The number of rotatable bonds is 4.